The lowest BCUT2D eigenvalue weighted by Crippen LogP contribution is -2.03. The Morgan fingerprint density at radius 3 is 2.62 bits per heavy atom. The first-order chi connectivity index (χ1) is 12.4. The number of non-ortho nitro benzene ring substituents is 1. The average molecular weight is 390 g/mol. The Kier molecular flexibility index (Phi) is 5.33. The molecule has 0 bridgehead atoms. The third-order valence-electron chi connectivity index (χ3n) is 3.73. The number of ether oxygens (including phenoxy) is 1. The summed E-state index contributed by atoms with van der Waals surface area (Å²) in [7, 11) is 1.34. The normalized spacial score (nSPS) is 11.2. The Bertz CT molecular complexity index is 961. The summed E-state index contributed by atoms with van der Waals surface area (Å²) in [6, 6.07) is 6.86. The predicted molar refractivity (Wildman–Crippen MR) is 105 cm³/mol. The zero-order chi connectivity index (χ0) is 18.8. The number of carbonyl (C=O) groups is 1. The molecule has 0 spiro atoms. The van der Waals surface area contributed by atoms with E-state index < -0.39 is 10.9 Å². The van der Waals surface area contributed by atoms with Gasteiger partial charge in [0.15, 0.2) is 0 Å². The van der Waals surface area contributed by atoms with Crippen LogP contribution < -0.4 is 0 Å². The number of fused-ring (bicyclic) bond motifs is 1. The second kappa shape index (κ2) is 7.51. The monoisotopic (exact) mass is 390 g/mol. The van der Waals surface area contributed by atoms with Crippen LogP contribution in [0.3, 0.4) is 0 Å². The van der Waals surface area contributed by atoms with Crippen molar-refractivity contribution in [2.45, 2.75) is 18.7 Å². The van der Waals surface area contributed by atoms with Gasteiger partial charge in [0, 0.05) is 45.3 Å². The van der Waals surface area contributed by atoms with Gasteiger partial charge in [-0.1, -0.05) is 13.8 Å². The molecule has 26 heavy (non-hydrogen) atoms. The van der Waals surface area contributed by atoms with Crippen LogP contribution in [-0.2, 0) is 4.74 Å². The number of nitro benzene ring substituents is 1. The van der Waals surface area contributed by atoms with E-state index in [2.05, 4.69) is 13.8 Å². The minimum absolute atomic E-state index is 0.0282. The van der Waals surface area contributed by atoms with Crippen molar-refractivity contribution in [3.63, 3.8) is 0 Å². The number of hydrogen-bond donors (Lipinski definition) is 0. The van der Waals surface area contributed by atoms with Gasteiger partial charge in [-0.25, -0.2) is 4.79 Å². The van der Waals surface area contributed by atoms with Crippen LogP contribution in [0, 0.1) is 16.0 Å². The van der Waals surface area contributed by atoms with Gasteiger partial charge in [0.2, 0.25) is 0 Å². The minimum atomic E-state index is -0.447. The van der Waals surface area contributed by atoms with E-state index in [0.29, 0.717) is 21.2 Å². The van der Waals surface area contributed by atoms with E-state index in [4.69, 9.17) is 4.74 Å². The molecule has 0 unspecified atom stereocenters. The van der Waals surface area contributed by atoms with E-state index in [-0.39, 0.29) is 5.69 Å². The summed E-state index contributed by atoms with van der Waals surface area (Å²) >= 11 is 2.79. The van der Waals surface area contributed by atoms with Crippen LogP contribution in [0.5, 0.6) is 0 Å². The lowest BCUT2D eigenvalue weighted by Gasteiger charge is -2.10. The lowest BCUT2D eigenvalue weighted by molar-refractivity contribution is -0.384. The van der Waals surface area contributed by atoms with E-state index >= 15 is 0 Å². The van der Waals surface area contributed by atoms with Crippen LogP contribution in [0.1, 0.15) is 23.5 Å². The van der Waals surface area contributed by atoms with Crippen LogP contribution >= 0.6 is 23.1 Å². The molecular weight excluding hydrogens is 372 g/mol. The van der Waals surface area contributed by atoms with Crippen molar-refractivity contribution in [2.24, 2.45) is 5.92 Å². The van der Waals surface area contributed by atoms with E-state index in [1.807, 2.05) is 29.1 Å². The Hall–Kier alpha value is -2.32. The molecule has 6 nitrogen and oxygen atoms in total. The molecule has 0 fully saturated rings. The van der Waals surface area contributed by atoms with Gasteiger partial charge in [-0.15, -0.1) is 23.1 Å². The van der Waals surface area contributed by atoms with Gasteiger partial charge in [0.1, 0.15) is 4.88 Å². The number of thiophene rings is 1. The van der Waals surface area contributed by atoms with Crippen molar-refractivity contribution in [3.05, 3.63) is 51.7 Å². The highest BCUT2D eigenvalue weighted by molar-refractivity contribution is 7.99. The third-order valence-corrected chi connectivity index (χ3v) is 6.30. The smallest absolute Gasteiger partial charge is 0.350 e. The predicted octanol–water partition coefficient (Wildman–Crippen LogP) is 5.13. The topological polar surface area (TPSA) is 74.4 Å². The van der Waals surface area contributed by atoms with Crippen LogP contribution in [0.15, 0.2) is 41.6 Å². The maximum absolute atomic E-state index is 12.3. The second-order valence-electron chi connectivity index (χ2n) is 6.14. The Morgan fingerprint density at radius 2 is 2.04 bits per heavy atom. The SMILES string of the molecule is COC(=O)c1sc2cc([N+](=O)[O-])cc(SCC(C)C)c2c1-n1cccc1. The number of hydrogen-bond acceptors (Lipinski definition) is 6. The van der Waals surface area contributed by atoms with Crippen molar-refractivity contribution in [3.8, 4) is 5.69 Å². The zero-order valence-electron chi connectivity index (χ0n) is 14.6. The lowest BCUT2D eigenvalue weighted by atomic mass is 10.2. The highest BCUT2D eigenvalue weighted by Crippen LogP contribution is 2.43. The summed E-state index contributed by atoms with van der Waals surface area (Å²) in [5.74, 6) is 0.811. The Morgan fingerprint density at radius 1 is 1.35 bits per heavy atom. The number of esters is 1. The van der Waals surface area contributed by atoms with Gasteiger partial charge >= 0.3 is 5.97 Å². The number of benzene rings is 1. The maximum atomic E-state index is 12.3. The Balaban J connectivity index is 2.32. The molecule has 8 heteroatoms. The molecular formula is C18H18N2O4S2. The highest BCUT2D eigenvalue weighted by Gasteiger charge is 2.25. The van der Waals surface area contributed by atoms with Gasteiger partial charge in [-0.3, -0.25) is 10.1 Å². The zero-order valence-corrected chi connectivity index (χ0v) is 16.2. The Labute approximate surface area is 158 Å². The summed E-state index contributed by atoms with van der Waals surface area (Å²) in [5.41, 5.74) is 0.739. The second-order valence-corrected chi connectivity index (χ2v) is 8.25. The fourth-order valence-corrected chi connectivity index (χ4v) is 4.91. The first kappa shape index (κ1) is 18.5. The van der Waals surface area contributed by atoms with E-state index in [0.717, 1.165) is 16.0 Å². The minimum Gasteiger partial charge on any atom is -0.465 e. The maximum Gasteiger partial charge on any atom is 0.350 e. The van der Waals surface area contributed by atoms with Crippen LogP contribution in [0.2, 0.25) is 0 Å². The van der Waals surface area contributed by atoms with Crippen molar-refractivity contribution >= 4 is 44.8 Å². The highest BCUT2D eigenvalue weighted by atomic mass is 32.2. The van der Waals surface area contributed by atoms with Gasteiger partial charge in [-0.05, 0) is 18.1 Å². The first-order valence-corrected chi connectivity index (χ1v) is 9.82. The molecule has 3 aromatic rings. The molecule has 136 valence electrons. The van der Waals surface area contributed by atoms with Crippen molar-refractivity contribution < 1.29 is 14.5 Å². The van der Waals surface area contributed by atoms with Crippen LogP contribution in [-0.4, -0.2) is 28.3 Å². The summed E-state index contributed by atoms with van der Waals surface area (Å²) < 4.78 is 7.50. The molecule has 0 saturated heterocycles. The standard InChI is InChI=1S/C18H18N2O4S2/c1-11(2)10-25-13-8-12(20(22)23)9-14-15(13)16(19-6-4-5-7-19)17(26-14)18(21)24-3/h4-9,11H,10H2,1-3H3. The number of nitrogens with zero attached hydrogens (tertiary/aromatic N) is 2. The molecule has 3 rings (SSSR count). The van der Waals surface area contributed by atoms with Gasteiger partial charge in [0.25, 0.3) is 5.69 Å². The summed E-state index contributed by atoms with van der Waals surface area (Å²) in [6.45, 7) is 4.20. The third kappa shape index (κ3) is 3.47. The molecule has 2 heterocycles. The fraction of sp³-hybridized carbons (Fsp3) is 0.278. The van der Waals surface area contributed by atoms with Crippen molar-refractivity contribution in [2.75, 3.05) is 12.9 Å². The molecule has 0 saturated carbocycles. The molecule has 1 aromatic carbocycles. The number of rotatable bonds is 6. The van der Waals surface area contributed by atoms with Gasteiger partial charge < -0.3 is 9.30 Å². The van der Waals surface area contributed by atoms with Gasteiger partial charge in [0.05, 0.1) is 17.7 Å². The molecule has 0 amide bonds. The summed E-state index contributed by atoms with van der Waals surface area (Å²) in [4.78, 5) is 24.5. The number of carbonyl (C=O) groups excluding carboxylic acids is 1. The number of thioether (sulfide) groups is 1. The quantitative estimate of drug-likeness (QED) is 0.252. The molecule has 0 N–H and O–H groups in total. The number of aromatic nitrogens is 1. The average Bonchev–Trinajstić information content (AvgIpc) is 3.25. The molecule has 2 aromatic heterocycles. The van der Waals surface area contributed by atoms with E-state index in [9.17, 15) is 14.9 Å². The largest absolute Gasteiger partial charge is 0.465 e. The van der Waals surface area contributed by atoms with Crippen LogP contribution in [0.4, 0.5) is 5.69 Å². The van der Waals surface area contributed by atoms with E-state index in [1.54, 1.807) is 17.8 Å². The first-order valence-electron chi connectivity index (χ1n) is 8.01. The summed E-state index contributed by atoms with van der Waals surface area (Å²) in [6.07, 6.45) is 3.71. The fourth-order valence-electron chi connectivity index (χ4n) is 2.60. The van der Waals surface area contributed by atoms with Gasteiger partial charge in [-0.2, -0.15) is 0 Å². The van der Waals surface area contributed by atoms with Crippen LogP contribution in [0.25, 0.3) is 15.8 Å². The van der Waals surface area contributed by atoms with E-state index in [1.165, 1.54) is 24.5 Å². The molecule has 0 aliphatic rings. The molecule has 0 aliphatic carbocycles. The molecule has 0 atom stereocenters. The van der Waals surface area contributed by atoms with Crippen molar-refractivity contribution in [1.82, 2.24) is 4.57 Å². The number of methoxy groups -OCH3 is 1. The molecule has 0 aliphatic heterocycles. The van der Waals surface area contributed by atoms with Crippen molar-refractivity contribution in [1.29, 1.82) is 0 Å². The molecule has 0 radical (unpaired) electrons. The summed E-state index contributed by atoms with van der Waals surface area (Å²) in [5, 5.41) is 12.2. The number of nitro groups is 1.